The smallest absolute Gasteiger partial charge is 0.342 e. The van der Waals surface area contributed by atoms with Gasteiger partial charge in [0.25, 0.3) is 0 Å². The Morgan fingerprint density at radius 2 is 2.44 bits per heavy atom. The van der Waals surface area contributed by atoms with Gasteiger partial charge in [-0.2, -0.15) is 0 Å². The number of ether oxygens (including phenoxy) is 1. The molecular weight excluding hydrogens is 235 g/mol. The number of hydrogen-bond donors (Lipinski definition) is 1. The van der Waals surface area contributed by atoms with E-state index in [-0.39, 0.29) is 11.6 Å². The molecule has 6 heteroatoms. The summed E-state index contributed by atoms with van der Waals surface area (Å²) in [6.45, 7) is 1.70. The number of carbonyl (C=O) groups is 1. The van der Waals surface area contributed by atoms with Gasteiger partial charge in [0, 0.05) is 12.4 Å². The van der Waals surface area contributed by atoms with E-state index in [1.807, 2.05) is 0 Å². The summed E-state index contributed by atoms with van der Waals surface area (Å²) in [6, 6.07) is 0.327. The Balaban J connectivity index is 2.82. The third kappa shape index (κ3) is 2.90. The van der Waals surface area contributed by atoms with Crippen molar-refractivity contribution in [1.82, 2.24) is 4.98 Å². The number of carbonyl (C=O) groups excluding carboxylic acids is 1. The first kappa shape index (κ1) is 12.9. The predicted molar refractivity (Wildman–Crippen MR) is 57.7 cm³/mol. The Morgan fingerprint density at radius 1 is 1.75 bits per heavy atom. The van der Waals surface area contributed by atoms with Gasteiger partial charge in [0.1, 0.15) is 0 Å². The van der Waals surface area contributed by atoms with Gasteiger partial charge in [-0.05, 0) is 18.6 Å². The number of halogens is 2. The van der Waals surface area contributed by atoms with Gasteiger partial charge >= 0.3 is 5.97 Å². The fourth-order valence-corrected chi connectivity index (χ4v) is 1.43. The highest BCUT2D eigenvalue weighted by atomic mass is 35.5. The maximum Gasteiger partial charge on any atom is 0.342 e. The second-order valence-electron chi connectivity index (χ2n) is 3.08. The zero-order valence-corrected chi connectivity index (χ0v) is 9.45. The summed E-state index contributed by atoms with van der Waals surface area (Å²) in [5.74, 6) is -0.983. The van der Waals surface area contributed by atoms with Crippen LogP contribution in [0.1, 0.15) is 18.5 Å². The molecule has 16 heavy (non-hydrogen) atoms. The number of alkyl halides is 1. The molecule has 4 nitrogen and oxygen atoms in total. The quantitative estimate of drug-likeness (QED) is 0.821. The van der Waals surface area contributed by atoms with Gasteiger partial charge in [-0.1, -0.05) is 11.6 Å². The molecule has 1 rings (SSSR count). The lowest BCUT2D eigenvalue weighted by atomic mass is 10.0. The Morgan fingerprint density at radius 3 is 3.00 bits per heavy atom. The van der Waals surface area contributed by atoms with Crippen LogP contribution in [0.2, 0.25) is 5.02 Å². The van der Waals surface area contributed by atoms with Crippen LogP contribution in [0.5, 0.6) is 0 Å². The molecule has 0 aliphatic carbocycles. The zero-order valence-electron chi connectivity index (χ0n) is 8.69. The van der Waals surface area contributed by atoms with Crippen molar-refractivity contribution < 1.29 is 13.9 Å². The molecule has 0 aliphatic heterocycles. The lowest BCUT2D eigenvalue weighted by Gasteiger charge is -2.16. The SMILES string of the molecule is CCOC(=O)C(F)[C@@H](N)c1ccncc1Cl. The Labute approximate surface area is 97.6 Å². The van der Waals surface area contributed by atoms with E-state index >= 15 is 0 Å². The van der Waals surface area contributed by atoms with Gasteiger partial charge in [-0.15, -0.1) is 0 Å². The van der Waals surface area contributed by atoms with Crippen LogP contribution >= 0.6 is 11.6 Å². The summed E-state index contributed by atoms with van der Waals surface area (Å²) < 4.78 is 18.1. The number of rotatable bonds is 4. The van der Waals surface area contributed by atoms with Crippen molar-refractivity contribution in [3.63, 3.8) is 0 Å². The van der Waals surface area contributed by atoms with E-state index in [1.165, 1.54) is 18.5 Å². The number of pyridine rings is 1. The number of nitrogens with zero attached hydrogens (tertiary/aromatic N) is 1. The van der Waals surface area contributed by atoms with Crippen LogP contribution in [0.3, 0.4) is 0 Å². The van der Waals surface area contributed by atoms with Crippen molar-refractivity contribution in [1.29, 1.82) is 0 Å². The van der Waals surface area contributed by atoms with Crippen molar-refractivity contribution in [2.45, 2.75) is 19.1 Å². The van der Waals surface area contributed by atoms with E-state index in [0.29, 0.717) is 5.56 Å². The van der Waals surface area contributed by atoms with Crippen molar-refractivity contribution in [2.75, 3.05) is 6.61 Å². The molecule has 0 radical (unpaired) electrons. The van der Waals surface area contributed by atoms with Crippen molar-refractivity contribution in [3.05, 3.63) is 29.0 Å². The Bertz CT molecular complexity index is 376. The van der Waals surface area contributed by atoms with Crippen LogP contribution in [-0.4, -0.2) is 23.7 Å². The fraction of sp³-hybridized carbons (Fsp3) is 0.400. The van der Waals surface area contributed by atoms with Gasteiger partial charge in [-0.3, -0.25) is 4.98 Å². The topological polar surface area (TPSA) is 65.2 Å². The molecule has 0 fully saturated rings. The second-order valence-corrected chi connectivity index (χ2v) is 3.48. The minimum atomic E-state index is -1.93. The molecule has 1 aromatic rings. The van der Waals surface area contributed by atoms with Crippen LogP contribution < -0.4 is 5.73 Å². The highest BCUT2D eigenvalue weighted by molar-refractivity contribution is 6.31. The molecule has 0 bridgehead atoms. The first-order valence-electron chi connectivity index (χ1n) is 4.73. The molecular formula is C10H12ClFN2O2. The molecule has 0 amide bonds. The molecule has 2 atom stereocenters. The molecule has 0 aromatic carbocycles. The summed E-state index contributed by atoms with van der Waals surface area (Å²) in [5.41, 5.74) is 5.91. The minimum Gasteiger partial charge on any atom is -0.464 e. The molecule has 0 spiro atoms. The average Bonchev–Trinajstić information content (AvgIpc) is 2.28. The summed E-state index contributed by atoms with van der Waals surface area (Å²) in [7, 11) is 0. The number of hydrogen-bond acceptors (Lipinski definition) is 4. The molecule has 0 saturated heterocycles. The van der Waals surface area contributed by atoms with Gasteiger partial charge in [0.2, 0.25) is 6.17 Å². The van der Waals surface area contributed by atoms with E-state index in [4.69, 9.17) is 17.3 Å². The fourth-order valence-electron chi connectivity index (χ4n) is 1.18. The zero-order chi connectivity index (χ0) is 12.1. The number of esters is 1. The van der Waals surface area contributed by atoms with Crippen molar-refractivity contribution >= 4 is 17.6 Å². The van der Waals surface area contributed by atoms with Gasteiger partial charge < -0.3 is 10.5 Å². The number of aromatic nitrogens is 1. The van der Waals surface area contributed by atoms with Crippen molar-refractivity contribution in [2.24, 2.45) is 5.73 Å². The third-order valence-electron chi connectivity index (χ3n) is 1.99. The molecule has 0 aliphatic rings. The molecule has 88 valence electrons. The third-order valence-corrected chi connectivity index (χ3v) is 2.31. The highest BCUT2D eigenvalue weighted by Gasteiger charge is 2.28. The van der Waals surface area contributed by atoms with E-state index in [1.54, 1.807) is 6.92 Å². The van der Waals surface area contributed by atoms with Gasteiger partial charge in [0.05, 0.1) is 17.7 Å². The predicted octanol–water partition coefficient (Wildman–Crippen LogP) is 1.64. The maximum atomic E-state index is 13.6. The van der Waals surface area contributed by atoms with E-state index in [9.17, 15) is 9.18 Å². The van der Waals surface area contributed by atoms with E-state index in [0.717, 1.165) is 0 Å². The van der Waals surface area contributed by atoms with Crippen LogP contribution in [0.15, 0.2) is 18.5 Å². The highest BCUT2D eigenvalue weighted by Crippen LogP contribution is 2.24. The Hall–Kier alpha value is -1.20. The molecule has 1 unspecified atom stereocenters. The van der Waals surface area contributed by atoms with Crippen LogP contribution in [0.4, 0.5) is 4.39 Å². The van der Waals surface area contributed by atoms with Gasteiger partial charge in [0.15, 0.2) is 0 Å². The molecule has 1 heterocycles. The first-order chi connectivity index (χ1) is 7.57. The van der Waals surface area contributed by atoms with E-state index in [2.05, 4.69) is 9.72 Å². The second kappa shape index (κ2) is 5.77. The summed E-state index contributed by atoms with van der Waals surface area (Å²) >= 11 is 5.78. The van der Waals surface area contributed by atoms with Crippen LogP contribution in [0.25, 0.3) is 0 Å². The monoisotopic (exact) mass is 246 g/mol. The lowest BCUT2D eigenvalue weighted by Crippen LogP contribution is -2.31. The normalized spacial score (nSPS) is 14.2. The molecule has 1 aromatic heterocycles. The first-order valence-corrected chi connectivity index (χ1v) is 5.11. The Kier molecular flexibility index (Phi) is 4.64. The average molecular weight is 247 g/mol. The van der Waals surface area contributed by atoms with E-state index < -0.39 is 18.2 Å². The van der Waals surface area contributed by atoms with Crippen molar-refractivity contribution in [3.8, 4) is 0 Å². The van der Waals surface area contributed by atoms with Gasteiger partial charge in [-0.25, -0.2) is 9.18 Å². The number of nitrogens with two attached hydrogens (primary N) is 1. The van der Waals surface area contributed by atoms with Crippen LogP contribution in [-0.2, 0) is 9.53 Å². The maximum absolute atomic E-state index is 13.6. The van der Waals surface area contributed by atoms with Crippen LogP contribution in [0, 0.1) is 0 Å². The summed E-state index contributed by atoms with van der Waals surface area (Å²) in [5, 5.41) is 0.224. The molecule has 2 N–H and O–H groups in total. The summed E-state index contributed by atoms with van der Waals surface area (Å²) in [4.78, 5) is 14.9. The lowest BCUT2D eigenvalue weighted by molar-refractivity contribution is -0.149. The largest absolute Gasteiger partial charge is 0.464 e. The standard InChI is InChI=1S/C10H12ClFN2O2/c1-2-16-10(15)8(12)9(13)6-3-4-14-5-7(6)11/h3-5,8-9H,2,13H2,1H3/t8?,9-/m0/s1. The molecule has 0 saturated carbocycles. The summed E-state index contributed by atoms with van der Waals surface area (Å²) in [6.07, 6.45) is 0.841. The minimum absolute atomic E-state index is 0.107.